The maximum Gasteiger partial charge on any atom is 0.329 e. The molecule has 1 aromatic rings. The van der Waals surface area contributed by atoms with Crippen molar-refractivity contribution in [2.45, 2.75) is 44.7 Å². The highest BCUT2D eigenvalue weighted by atomic mass is 16.4. The summed E-state index contributed by atoms with van der Waals surface area (Å²) in [5.41, 5.74) is 4.19. The molecule has 0 spiro atoms. The Morgan fingerprint density at radius 3 is 2.10 bits per heavy atom. The number of nitrogens with two attached hydrogens (primary N) is 1. The topological polar surface area (TPSA) is 92.4 Å². The summed E-state index contributed by atoms with van der Waals surface area (Å²) >= 11 is 0. The van der Waals surface area contributed by atoms with E-state index in [0.717, 1.165) is 0 Å². The second-order valence-corrected chi connectivity index (χ2v) is 5.12. The normalized spacial score (nSPS) is 14.4. The van der Waals surface area contributed by atoms with Crippen LogP contribution in [0.3, 0.4) is 0 Å². The number of hydrogen-bond acceptors (Lipinski definition) is 3. The molecule has 5 nitrogen and oxygen atoms in total. The zero-order chi connectivity index (χ0) is 15.4. The van der Waals surface area contributed by atoms with E-state index in [9.17, 15) is 14.7 Å². The van der Waals surface area contributed by atoms with Crippen molar-refractivity contribution in [3.05, 3.63) is 35.9 Å². The average Bonchev–Trinajstić information content (AvgIpc) is 2.45. The van der Waals surface area contributed by atoms with Gasteiger partial charge in [0, 0.05) is 0 Å². The molecule has 0 heterocycles. The fourth-order valence-corrected chi connectivity index (χ4v) is 2.05. The summed E-state index contributed by atoms with van der Waals surface area (Å²) in [5, 5.41) is 12.0. The van der Waals surface area contributed by atoms with Crippen LogP contribution in [0.5, 0.6) is 0 Å². The van der Waals surface area contributed by atoms with Crippen molar-refractivity contribution in [2.75, 3.05) is 0 Å². The third-order valence-electron chi connectivity index (χ3n) is 3.81. The number of rotatable bonds is 6. The molecule has 0 radical (unpaired) electrons. The maximum absolute atomic E-state index is 12.4. The second-order valence-electron chi connectivity index (χ2n) is 5.12. The molecule has 110 valence electrons. The Bertz CT molecular complexity index is 479. The quantitative estimate of drug-likeness (QED) is 0.737. The first kappa shape index (κ1) is 16.2. The lowest BCUT2D eigenvalue weighted by Gasteiger charge is -2.33. The van der Waals surface area contributed by atoms with Crippen LogP contribution in [0.1, 0.15) is 39.2 Å². The number of carbonyl (C=O) groups is 2. The number of amides is 1. The highest BCUT2D eigenvalue weighted by Crippen LogP contribution is 2.22. The van der Waals surface area contributed by atoms with E-state index < -0.39 is 23.0 Å². The SMILES string of the molecule is CCC(CC)(NC(=O)C(C)(N)c1ccccc1)C(=O)O. The molecule has 0 aromatic heterocycles. The summed E-state index contributed by atoms with van der Waals surface area (Å²) in [4.78, 5) is 23.8. The molecule has 1 amide bonds. The van der Waals surface area contributed by atoms with Crippen LogP contribution < -0.4 is 11.1 Å². The molecule has 1 unspecified atom stereocenters. The predicted octanol–water partition coefficient (Wildman–Crippen LogP) is 1.62. The van der Waals surface area contributed by atoms with E-state index in [0.29, 0.717) is 18.4 Å². The molecule has 0 aliphatic heterocycles. The summed E-state index contributed by atoms with van der Waals surface area (Å²) in [6.07, 6.45) is 0.602. The van der Waals surface area contributed by atoms with Crippen LogP contribution in [0.25, 0.3) is 0 Å². The molecule has 0 saturated heterocycles. The number of carbonyl (C=O) groups excluding carboxylic acids is 1. The maximum atomic E-state index is 12.4. The van der Waals surface area contributed by atoms with Gasteiger partial charge >= 0.3 is 5.97 Å². The lowest BCUT2D eigenvalue weighted by molar-refractivity contribution is -0.149. The Kier molecular flexibility index (Phi) is 4.89. The van der Waals surface area contributed by atoms with Crippen molar-refractivity contribution in [1.29, 1.82) is 0 Å². The Balaban J connectivity index is 3.03. The van der Waals surface area contributed by atoms with Gasteiger partial charge in [-0.1, -0.05) is 44.2 Å². The van der Waals surface area contributed by atoms with Gasteiger partial charge in [0.05, 0.1) is 0 Å². The number of aliphatic carboxylic acids is 1. The van der Waals surface area contributed by atoms with Crippen molar-refractivity contribution in [3.63, 3.8) is 0 Å². The van der Waals surface area contributed by atoms with Gasteiger partial charge in [0.15, 0.2) is 0 Å². The number of nitrogens with one attached hydrogen (secondary N) is 1. The van der Waals surface area contributed by atoms with E-state index in [1.54, 1.807) is 45.0 Å². The molecule has 0 aliphatic rings. The van der Waals surface area contributed by atoms with Gasteiger partial charge in [-0.2, -0.15) is 0 Å². The first-order chi connectivity index (χ1) is 9.30. The summed E-state index contributed by atoms with van der Waals surface area (Å²) in [6.45, 7) is 5.04. The van der Waals surface area contributed by atoms with Crippen LogP contribution in [0.15, 0.2) is 30.3 Å². The molecule has 4 N–H and O–H groups in total. The smallest absolute Gasteiger partial charge is 0.329 e. The van der Waals surface area contributed by atoms with E-state index in [1.165, 1.54) is 0 Å². The molecule has 1 aromatic carbocycles. The van der Waals surface area contributed by atoms with Gasteiger partial charge in [-0.25, -0.2) is 4.79 Å². The number of carboxylic acid groups (broad SMARTS) is 1. The van der Waals surface area contributed by atoms with Gasteiger partial charge < -0.3 is 16.2 Å². The van der Waals surface area contributed by atoms with E-state index in [4.69, 9.17) is 5.73 Å². The van der Waals surface area contributed by atoms with Crippen molar-refractivity contribution < 1.29 is 14.7 Å². The van der Waals surface area contributed by atoms with E-state index in [-0.39, 0.29) is 0 Å². The summed E-state index contributed by atoms with van der Waals surface area (Å²) in [6, 6.07) is 8.91. The Morgan fingerprint density at radius 2 is 1.70 bits per heavy atom. The van der Waals surface area contributed by atoms with Gasteiger partial charge in [0.25, 0.3) is 0 Å². The lowest BCUT2D eigenvalue weighted by Crippen LogP contribution is -2.60. The fraction of sp³-hybridized carbons (Fsp3) is 0.467. The molecule has 1 atom stereocenters. The van der Waals surface area contributed by atoms with Crippen LogP contribution in [0.4, 0.5) is 0 Å². The highest BCUT2D eigenvalue weighted by Gasteiger charge is 2.41. The van der Waals surface area contributed by atoms with Crippen molar-refractivity contribution in [2.24, 2.45) is 5.73 Å². The van der Waals surface area contributed by atoms with Gasteiger partial charge in [0.2, 0.25) is 5.91 Å². The van der Waals surface area contributed by atoms with Crippen LogP contribution in [0, 0.1) is 0 Å². The van der Waals surface area contributed by atoms with E-state index >= 15 is 0 Å². The standard InChI is InChI=1S/C15H22N2O3/c1-4-15(5-2,13(19)20)17-12(18)14(3,16)11-9-7-6-8-10-11/h6-10H,4-5,16H2,1-3H3,(H,17,18)(H,19,20). The van der Waals surface area contributed by atoms with Gasteiger partial charge in [-0.3, -0.25) is 4.79 Å². The van der Waals surface area contributed by atoms with E-state index in [2.05, 4.69) is 5.32 Å². The van der Waals surface area contributed by atoms with Crippen LogP contribution in [-0.2, 0) is 15.1 Å². The monoisotopic (exact) mass is 278 g/mol. The molecule has 0 saturated carbocycles. The predicted molar refractivity (Wildman–Crippen MR) is 77.1 cm³/mol. The third kappa shape index (κ3) is 2.99. The van der Waals surface area contributed by atoms with E-state index in [1.807, 2.05) is 6.07 Å². The van der Waals surface area contributed by atoms with Gasteiger partial charge in [-0.05, 0) is 25.3 Å². The molecule has 5 heteroatoms. The third-order valence-corrected chi connectivity index (χ3v) is 3.81. The Labute approximate surface area is 119 Å². The minimum absolute atomic E-state index is 0.301. The zero-order valence-corrected chi connectivity index (χ0v) is 12.1. The van der Waals surface area contributed by atoms with Crippen molar-refractivity contribution in [3.8, 4) is 0 Å². The highest BCUT2D eigenvalue weighted by molar-refractivity contribution is 5.92. The molecular weight excluding hydrogens is 256 g/mol. The summed E-state index contributed by atoms with van der Waals surface area (Å²) in [5.74, 6) is -1.53. The molecule has 1 rings (SSSR count). The number of benzene rings is 1. The molecule has 0 bridgehead atoms. The second kappa shape index (κ2) is 6.05. The first-order valence-electron chi connectivity index (χ1n) is 6.70. The van der Waals surface area contributed by atoms with Gasteiger partial charge in [0.1, 0.15) is 11.1 Å². The largest absolute Gasteiger partial charge is 0.480 e. The number of carboxylic acids is 1. The van der Waals surface area contributed by atoms with Gasteiger partial charge in [-0.15, -0.1) is 0 Å². The lowest BCUT2D eigenvalue weighted by atomic mass is 9.88. The Morgan fingerprint density at radius 1 is 1.20 bits per heavy atom. The number of hydrogen-bond donors (Lipinski definition) is 3. The fourth-order valence-electron chi connectivity index (χ4n) is 2.05. The molecule has 0 fully saturated rings. The summed E-state index contributed by atoms with van der Waals surface area (Å²) in [7, 11) is 0. The zero-order valence-electron chi connectivity index (χ0n) is 12.1. The average molecular weight is 278 g/mol. The summed E-state index contributed by atoms with van der Waals surface area (Å²) < 4.78 is 0. The van der Waals surface area contributed by atoms with Crippen LogP contribution in [0.2, 0.25) is 0 Å². The minimum atomic E-state index is -1.27. The molecule has 20 heavy (non-hydrogen) atoms. The van der Waals surface area contributed by atoms with Crippen LogP contribution >= 0.6 is 0 Å². The molecular formula is C15H22N2O3. The molecule has 0 aliphatic carbocycles. The Hall–Kier alpha value is -1.88. The van der Waals surface area contributed by atoms with Crippen molar-refractivity contribution in [1.82, 2.24) is 5.32 Å². The van der Waals surface area contributed by atoms with Crippen molar-refractivity contribution >= 4 is 11.9 Å². The van der Waals surface area contributed by atoms with Crippen LogP contribution in [-0.4, -0.2) is 22.5 Å². The minimum Gasteiger partial charge on any atom is -0.480 e. The first-order valence-corrected chi connectivity index (χ1v) is 6.70.